The first-order valence-corrected chi connectivity index (χ1v) is 9.02. The molecule has 0 N–H and O–H groups in total. The molecule has 1 heterocycles. The summed E-state index contributed by atoms with van der Waals surface area (Å²) in [5, 5.41) is 0.754. The van der Waals surface area contributed by atoms with Crippen molar-refractivity contribution in [2.45, 2.75) is 39.5 Å². The first-order chi connectivity index (χ1) is 12.4. The molecule has 0 aliphatic rings. The Morgan fingerprint density at radius 1 is 1.15 bits per heavy atom. The summed E-state index contributed by atoms with van der Waals surface area (Å²) in [6.07, 6.45) is 4.23. The lowest BCUT2D eigenvalue weighted by molar-refractivity contribution is -0.132. The summed E-state index contributed by atoms with van der Waals surface area (Å²) in [6, 6.07) is 5.78. The number of aryl methyl sites for hydroxylation is 1. The van der Waals surface area contributed by atoms with Gasteiger partial charge in [-0.1, -0.05) is 26.2 Å². The van der Waals surface area contributed by atoms with Gasteiger partial charge in [-0.3, -0.25) is 9.59 Å². The molecule has 0 saturated carbocycles. The summed E-state index contributed by atoms with van der Waals surface area (Å²) in [5.74, 6) is -0.233. The number of carbonyl (C=O) groups excluding carboxylic acids is 1. The molecular formula is C20H28N2O4. The van der Waals surface area contributed by atoms with E-state index in [0.29, 0.717) is 12.4 Å². The molecule has 1 aromatic carbocycles. The van der Waals surface area contributed by atoms with E-state index in [2.05, 4.69) is 6.92 Å². The Balaban J connectivity index is 2.54. The maximum atomic E-state index is 12.7. The number of fused-ring (bicyclic) bond motifs is 1. The number of ether oxygens (including phenoxy) is 2. The smallest absolute Gasteiger partial charge is 0.308 e. The van der Waals surface area contributed by atoms with Gasteiger partial charge in [0.1, 0.15) is 0 Å². The van der Waals surface area contributed by atoms with Crippen molar-refractivity contribution in [1.82, 2.24) is 4.57 Å². The standard InChI is InChI=1S/C20H28N2O4/c1-6-7-8-9-12-25-18-16-11-10-15(21(3)4)13-17(16)22(5)20(24)19(18)26-14(2)23/h10-11,13H,6-9,12H2,1-5H3. The lowest BCUT2D eigenvalue weighted by atomic mass is 10.1. The zero-order chi connectivity index (χ0) is 19.3. The van der Waals surface area contributed by atoms with Gasteiger partial charge in [0, 0.05) is 39.1 Å². The third kappa shape index (κ3) is 4.36. The SMILES string of the molecule is CCCCCCOc1c(OC(C)=O)c(=O)n(C)c2cc(N(C)C)ccc12. The maximum Gasteiger partial charge on any atom is 0.308 e. The molecular weight excluding hydrogens is 332 g/mol. The molecule has 26 heavy (non-hydrogen) atoms. The Morgan fingerprint density at radius 2 is 1.88 bits per heavy atom. The molecule has 0 aliphatic carbocycles. The van der Waals surface area contributed by atoms with Crippen LogP contribution in [0.3, 0.4) is 0 Å². The van der Waals surface area contributed by atoms with Crippen LogP contribution >= 0.6 is 0 Å². The van der Waals surface area contributed by atoms with Crippen molar-refractivity contribution in [3.63, 3.8) is 0 Å². The summed E-state index contributed by atoms with van der Waals surface area (Å²) in [7, 11) is 5.55. The van der Waals surface area contributed by atoms with Crippen LogP contribution in [0.15, 0.2) is 23.0 Å². The number of esters is 1. The van der Waals surface area contributed by atoms with Gasteiger partial charge in [0.15, 0.2) is 5.75 Å². The van der Waals surface area contributed by atoms with Crippen LogP contribution in [0.1, 0.15) is 39.5 Å². The number of aromatic nitrogens is 1. The molecule has 0 amide bonds. The van der Waals surface area contributed by atoms with Crippen molar-refractivity contribution in [2.75, 3.05) is 25.6 Å². The molecule has 0 saturated heterocycles. The Labute approximate surface area is 154 Å². The normalized spacial score (nSPS) is 10.8. The molecule has 6 heteroatoms. The number of rotatable bonds is 8. The molecule has 142 valence electrons. The number of carbonyl (C=O) groups is 1. The molecule has 0 aliphatic heterocycles. The summed E-state index contributed by atoms with van der Waals surface area (Å²) in [4.78, 5) is 26.2. The minimum absolute atomic E-state index is 0.0411. The zero-order valence-corrected chi connectivity index (χ0v) is 16.3. The van der Waals surface area contributed by atoms with E-state index in [1.54, 1.807) is 7.05 Å². The lowest BCUT2D eigenvalue weighted by Gasteiger charge is -2.18. The van der Waals surface area contributed by atoms with Gasteiger partial charge in [-0.25, -0.2) is 0 Å². The van der Waals surface area contributed by atoms with Crippen molar-refractivity contribution in [2.24, 2.45) is 7.05 Å². The van der Waals surface area contributed by atoms with E-state index in [0.717, 1.165) is 42.3 Å². The van der Waals surface area contributed by atoms with Crippen LogP contribution in [-0.2, 0) is 11.8 Å². The van der Waals surface area contributed by atoms with Gasteiger partial charge in [-0.2, -0.15) is 0 Å². The van der Waals surface area contributed by atoms with Crippen LogP contribution in [0.2, 0.25) is 0 Å². The Kier molecular flexibility index (Phi) is 6.66. The van der Waals surface area contributed by atoms with E-state index in [1.165, 1.54) is 11.5 Å². The Bertz CT molecular complexity index is 840. The number of unbranched alkanes of at least 4 members (excludes halogenated alkanes) is 3. The second-order valence-electron chi connectivity index (χ2n) is 6.62. The third-order valence-electron chi connectivity index (χ3n) is 4.30. The highest BCUT2D eigenvalue weighted by Gasteiger charge is 2.20. The fraction of sp³-hybridized carbons (Fsp3) is 0.500. The molecule has 0 radical (unpaired) electrons. The predicted molar refractivity (Wildman–Crippen MR) is 104 cm³/mol. The molecule has 1 aromatic heterocycles. The van der Waals surface area contributed by atoms with Gasteiger partial charge >= 0.3 is 5.97 Å². The fourth-order valence-corrected chi connectivity index (χ4v) is 2.83. The number of benzene rings is 1. The lowest BCUT2D eigenvalue weighted by Crippen LogP contribution is -2.23. The predicted octanol–water partition coefficient (Wildman–Crippen LogP) is 3.49. The summed E-state index contributed by atoms with van der Waals surface area (Å²) < 4.78 is 12.6. The van der Waals surface area contributed by atoms with E-state index in [-0.39, 0.29) is 11.3 Å². The van der Waals surface area contributed by atoms with Gasteiger partial charge in [0.2, 0.25) is 5.75 Å². The van der Waals surface area contributed by atoms with Crippen molar-refractivity contribution in [3.05, 3.63) is 28.6 Å². The van der Waals surface area contributed by atoms with Crippen LogP contribution in [0.5, 0.6) is 11.5 Å². The summed E-state index contributed by atoms with van der Waals surface area (Å²) in [6.45, 7) is 3.91. The summed E-state index contributed by atoms with van der Waals surface area (Å²) in [5.41, 5.74) is 1.33. The number of hydrogen-bond acceptors (Lipinski definition) is 5. The first kappa shape index (κ1) is 19.8. The largest absolute Gasteiger partial charge is 0.489 e. The van der Waals surface area contributed by atoms with Crippen LogP contribution in [-0.4, -0.2) is 31.2 Å². The second kappa shape index (κ2) is 8.74. The highest BCUT2D eigenvalue weighted by atomic mass is 16.6. The van der Waals surface area contributed by atoms with Crippen molar-refractivity contribution in [3.8, 4) is 11.5 Å². The Morgan fingerprint density at radius 3 is 2.50 bits per heavy atom. The van der Waals surface area contributed by atoms with Crippen molar-refractivity contribution in [1.29, 1.82) is 0 Å². The Hall–Kier alpha value is -2.50. The highest BCUT2D eigenvalue weighted by Crippen LogP contribution is 2.34. The van der Waals surface area contributed by atoms with Crippen LogP contribution < -0.4 is 19.9 Å². The van der Waals surface area contributed by atoms with E-state index in [9.17, 15) is 9.59 Å². The average Bonchev–Trinajstić information content (AvgIpc) is 2.60. The van der Waals surface area contributed by atoms with Crippen LogP contribution in [0.4, 0.5) is 5.69 Å². The molecule has 2 rings (SSSR count). The minimum atomic E-state index is -0.540. The number of nitrogens with zero attached hydrogens (tertiary/aromatic N) is 2. The molecule has 2 aromatic rings. The monoisotopic (exact) mass is 360 g/mol. The molecule has 0 unspecified atom stereocenters. The van der Waals surface area contributed by atoms with Gasteiger partial charge in [-0.05, 0) is 24.6 Å². The van der Waals surface area contributed by atoms with Crippen LogP contribution in [0.25, 0.3) is 10.9 Å². The van der Waals surface area contributed by atoms with Gasteiger partial charge in [0.25, 0.3) is 5.56 Å². The fourth-order valence-electron chi connectivity index (χ4n) is 2.83. The molecule has 0 atom stereocenters. The first-order valence-electron chi connectivity index (χ1n) is 9.02. The molecule has 0 bridgehead atoms. The number of pyridine rings is 1. The number of anilines is 1. The summed E-state index contributed by atoms with van der Waals surface area (Å²) >= 11 is 0. The van der Waals surface area contributed by atoms with Crippen molar-refractivity contribution >= 4 is 22.6 Å². The quantitative estimate of drug-likeness (QED) is 0.533. The number of hydrogen-bond donors (Lipinski definition) is 0. The maximum absolute atomic E-state index is 12.7. The third-order valence-corrected chi connectivity index (χ3v) is 4.30. The molecule has 0 fully saturated rings. The highest BCUT2D eigenvalue weighted by molar-refractivity contribution is 5.91. The van der Waals surface area contributed by atoms with Crippen molar-refractivity contribution < 1.29 is 14.3 Å². The van der Waals surface area contributed by atoms with E-state index in [4.69, 9.17) is 9.47 Å². The minimum Gasteiger partial charge on any atom is -0.489 e. The average molecular weight is 360 g/mol. The van der Waals surface area contributed by atoms with Gasteiger partial charge in [0.05, 0.1) is 12.1 Å². The van der Waals surface area contributed by atoms with E-state index < -0.39 is 5.97 Å². The molecule has 0 spiro atoms. The van der Waals surface area contributed by atoms with E-state index >= 15 is 0 Å². The topological polar surface area (TPSA) is 60.8 Å². The second-order valence-corrected chi connectivity index (χ2v) is 6.62. The van der Waals surface area contributed by atoms with Gasteiger partial charge < -0.3 is 18.9 Å². The zero-order valence-electron chi connectivity index (χ0n) is 16.3. The van der Waals surface area contributed by atoms with Gasteiger partial charge in [-0.15, -0.1) is 0 Å². The van der Waals surface area contributed by atoms with E-state index in [1.807, 2.05) is 37.2 Å². The molecule has 6 nitrogen and oxygen atoms in total. The van der Waals surface area contributed by atoms with Crippen LogP contribution in [0, 0.1) is 0 Å².